The molecule has 2 aromatic carbocycles. The summed E-state index contributed by atoms with van der Waals surface area (Å²) in [6.45, 7) is 3.76. The molecule has 22 heavy (non-hydrogen) atoms. The third-order valence-electron chi connectivity index (χ3n) is 2.99. The van der Waals surface area contributed by atoms with Gasteiger partial charge in [0.1, 0.15) is 0 Å². The summed E-state index contributed by atoms with van der Waals surface area (Å²) >= 11 is 0. The van der Waals surface area contributed by atoms with Crippen LogP contribution in [0.5, 0.6) is 0 Å². The van der Waals surface area contributed by atoms with Crippen molar-refractivity contribution in [2.45, 2.75) is 18.7 Å². The summed E-state index contributed by atoms with van der Waals surface area (Å²) in [5, 5.41) is 8.17. The molecular formula is C14H16N3NaO3S. The van der Waals surface area contributed by atoms with Gasteiger partial charge in [-0.25, -0.2) is 0 Å². The van der Waals surface area contributed by atoms with Gasteiger partial charge in [0.15, 0.2) is 0 Å². The molecule has 0 unspecified atom stereocenters. The van der Waals surface area contributed by atoms with E-state index >= 15 is 0 Å². The van der Waals surface area contributed by atoms with Crippen molar-refractivity contribution in [2.75, 3.05) is 5.73 Å². The Morgan fingerprint density at radius 2 is 1.59 bits per heavy atom. The van der Waals surface area contributed by atoms with E-state index in [4.69, 9.17) is 10.3 Å². The molecule has 0 fully saturated rings. The predicted molar refractivity (Wildman–Crippen MR) is 87.9 cm³/mol. The number of rotatable bonds is 3. The second-order valence-corrected chi connectivity index (χ2v) is 6.09. The van der Waals surface area contributed by atoms with E-state index in [0.717, 1.165) is 11.1 Å². The summed E-state index contributed by atoms with van der Waals surface area (Å²) in [5.74, 6) is 0. The first-order valence-electron chi connectivity index (χ1n) is 6.13. The number of nitrogen functional groups attached to an aromatic ring is 1. The van der Waals surface area contributed by atoms with Crippen LogP contribution in [0.3, 0.4) is 0 Å². The Hall–Kier alpha value is -1.25. The minimum absolute atomic E-state index is 0. The molecule has 0 atom stereocenters. The Bertz CT molecular complexity index is 803. The summed E-state index contributed by atoms with van der Waals surface area (Å²) < 4.78 is 30.7. The van der Waals surface area contributed by atoms with Crippen LogP contribution in [-0.4, -0.2) is 42.5 Å². The van der Waals surface area contributed by atoms with E-state index in [1.165, 1.54) is 24.3 Å². The molecule has 0 aliphatic heterocycles. The first kappa shape index (κ1) is 18.8. The van der Waals surface area contributed by atoms with Crippen LogP contribution < -0.4 is 5.73 Å². The van der Waals surface area contributed by atoms with Gasteiger partial charge in [-0.15, -0.1) is 0 Å². The predicted octanol–water partition coefficient (Wildman–Crippen LogP) is 2.90. The zero-order chi connectivity index (χ0) is 15.6. The first-order valence-corrected chi connectivity index (χ1v) is 7.57. The summed E-state index contributed by atoms with van der Waals surface area (Å²) in [7, 11) is -4.19. The minimum atomic E-state index is -4.19. The van der Waals surface area contributed by atoms with Crippen LogP contribution in [0, 0.1) is 13.8 Å². The summed E-state index contributed by atoms with van der Waals surface area (Å²) in [5.41, 5.74) is 9.49. The number of hydrogen-bond donors (Lipinski definition) is 2. The Morgan fingerprint density at radius 1 is 1.00 bits per heavy atom. The van der Waals surface area contributed by atoms with Gasteiger partial charge < -0.3 is 5.73 Å². The van der Waals surface area contributed by atoms with E-state index in [-0.39, 0.29) is 34.5 Å². The molecular weight excluding hydrogens is 313 g/mol. The van der Waals surface area contributed by atoms with Gasteiger partial charge in [0.25, 0.3) is 10.1 Å². The second-order valence-electron chi connectivity index (χ2n) is 4.66. The number of azo groups is 1. The number of nitrogens with two attached hydrogens (primary N) is 1. The molecule has 3 N–H and O–H groups in total. The monoisotopic (exact) mass is 329 g/mol. The van der Waals surface area contributed by atoms with Crippen LogP contribution in [0.15, 0.2) is 51.5 Å². The zero-order valence-electron chi connectivity index (χ0n) is 11.6. The molecule has 8 heteroatoms. The van der Waals surface area contributed by atoms with Crippen LogP contribution in [0.4, 0.5) is 17.1 Å². The van der Waals surface area contributed by atoms with Gasteiger partial charge in [-0.2, -0.15) is 18.6 Å². The van der Waals surface area contributed by atoms with Crippen molar-refractivity contribution in [3.8, 4) is 0 Å². The Labute approximate surface area is 151 Å². The molecule has 2 aromatic rings. The first-order chi connectivity index (χ1) is 9.77. The molecule has 0 saturated heterocycles. The molecule has 0 spiro atoms. The van der Waals surface area contributed by atoms with Crippen LogP contribution in [0.2, 0.25) is 0 Å². The molecule has 0 aliphatic carbocycles. The Morgan fingerprint density at radius 3 is 2.14 bits per heavy atom. The van der Waals surface area contributed by atoms with E-state index in [1.807, 2.05) is 26.0 Å². The third-order valence-corrected chi connectivity index (χ3v) is 3.86. The molecule has 112 valence electrons. The van der Waals surface area contributed by atoms with Crippen molar-refractivity contribution in [2.24, 2.45) is 10.2 Å². The maximum absolute atomic E-state index is 10.9. The molecule has 0 bridgehead atoms. The SMILES string of the molecule is Cc1cc(/N=N/c2ccc(S(=O)(=O)O)cc2)c(C)cc1N.[NaH]. The Kier molecular flexibility index (Phi) is 6.27. The standard InChI is InChI=1S/C14H15N3O3S.Na.H/c1-9-8-14(10(2)7-13(9)15)17-16-11-3-5-12(6-4-11)21(18,19)20;;/h3-8H,15H2,1-2H3,(H,18,19,20);;/b17-16+;;. The summed E-state index contributed by atoms with van der Waals surface area (Å²) in [6, 6.07) is 9.12. The van der Waals surface area contributed by atoms with E-state index in [1.54, 1.807) is 0 Å². The van der Waals surface area contributed by atoms with Gasteiger partial charge in [-0.05, 0) is 61.4 Å². The number of aryl methyl sites for hydroxylation is 2. The average molecular weight is 329 g/mol. The fourth-order valence-corrected chi connectivity index (χ4v) is 2.21. The van der Waals surface area contributed by atoms with Crippen LogP contribution >= 0.6 is 0 Å². The fourth-order valence-electron chi connectivity index (χ4n) is 1.73. The van der Waals surface area contributed by atoms with Gasteiger partial charge in [0.05, 0.1) is 16.3 Å². The summed E-state index contributed by atoms with van der Waals surface area (Å²) in [6.07, 6.45) is 0. The molecule has 0 radical (unpaired) electrons. The van der Waals surface area contributed by atoms with Crippen molar-refractivity contribution < 1.29 is 13.0 Å². The third kappa shape index (κ3) is 4.62. The molecule has 6 nitrogen and oxygen atoms in total. The van der Waals surface area contributed by atoms with Crippen LogP contribution in [0.1, 0.15) is 11.1 Å². The maximum atomic E-state index is 10.9. The summed E-state index contributed by atoms with van der Waals surface area (Å²) in [4.78, 5) is -0.180. The average Bonchev–Trinajstić information content (AvgIpc) is 2.41. The topological polar surface area (TPSA) is 105 Å². The fraction of sp³-hybridized carbons (Fsp3) is 0.143. The van der Waals surface area contributed by atoms with Crippen molar-refractivity contribution in [3.63, 3.8) is 0 Å². The number of nitrogens with zero attached hydrogens (tertiary/aromatic N) is 2. The van der Waals surface area contributed by atoms with Gasteiger partial charge >= 0.3 is 29.6 Å². The molecule has 0 saturated carbocycles. The quantitative estimate of drug-likeness (QED) is 0.391. The van der Waals surface area contributed by atoms with Crippen molar-refractivity contribution in [1.29, 1.82) is 0 Å². The van der Waals surface area contributed by atoms with E-state index < -0.39 is 10.1 Å². The van der Waals surface area contributed by atoms with Gasteiger partial charge in [0.2, 0.25) is 0 Å². The van der Waals surface area contributed by atoms with Crippen molar-refractivity contribution in [1.82, 2.24) is 0 Å². The second kappa shape index (κ2) is 7.34. The number of hydrogen-bond acceptors (Lipinski definition) is 5. The zero-order valence-corrected chi connectivity index (χ0v) is 12.4. The van der Waals surface area contributed by atoms with Crippen LogP contribution in [0.25, 0.3) is 0 Å². The number of benzene rings is 2. The van der Waals surface area contributed by atoms with Gasteiger partial charge in [-0.3, -0.25) is 4.55 Å². The van der Waals surface area contributed by atoms with E-state index in [9.17, 15) is 8.42 Å². The van der Waals surface area contributed by atoms with Gasteiger partial charge in [0, 0.05) is 5.69 Å². The molecule has 0 heterocycles. The molecule has 0 aromatic heterocycles. The van der Waals surface area contributed by atoms with Crippen molar-refractivity contribution in [3.05, 3.63) is 47.5 Å². The molecule has 2 rings (SSSR count). The van der Waals surface area contributed by atoms with E-state index in [2.05, 4.69) is 10.2 Å². The number of anilines is 1. The van der Waals surface area contributed by atoms with Crippen molar-refractivity contribution >= 4 is 56.7 Å². The molecule has 0 aliphatic rings. The van der Waals surface area contributed by atoms with Crippen LogP contribution in [-0.2, 0) is 10.1 Å². The Balaban J connectivity index is 0.00000242. The molecule has 0 amide bonds. The normalized spacial score (nSPS) is 11.4. The van der Waals surface area contributed by atoms with Gasteiger partial charge in [-0.1, -0.05) is 0 Å². The van der Waals surface area contributed by atoms with E-state index in [0.29, 0.717) is 17.1 Å².